The molecule has 0 saturated carbocycles. The summed E-state index contributed by atoms with van der Waals surface area (Å²) in [5, 5.41) is 0. The normalized spacial score (nSPS) is 15.4. The molecule has 1 heterocycles. The standard InChI is InChI=1S/C21H20BrNO3S2/c1-4-23-20(24)18(28-21(23)27)11-14-9-16(22)19(17(10-14)25-3)26-12-15-8-6-5-7-13(15)2/h5-11H,4,12H2,1-3H3/b18-11+. The molecule has 7 heteroatoms. The Morgan fingerprint density at radius 1 is 1.29 bits per heavy atom. The first-order valence-electron chi connectivity index (χ1n) is 8.74. The van der Waals surface area contributed by atoms with Gasteiger partial charge in [0.1, 0.15) is 10.9 Å². The molecule has 3 rings (SSSR count). The van der Waals surface area contributed by atoms with Crippen LogP contribution in [0.4, 0.5) is 0 Å². The van der Waals surface area contributed by atoms with Crippen LogP contribution in [0.3, 0.4) is 0 Å². The molecule has 0 bridgehead atoms. The highest BCUT2D eigenvalue weighted by Crippen LogP contribution is 2.39. The van der Waals surface area contributed by atoms with Gasteiger partial charge in [-0.3, -0.25) is 9.69 Å². The first-order valence-corrected chi connectivity index (χ1v) is 10.8. The highest BCUT2D eigenvalue weighted by Gasteiger charge is 2.30. The molecule has 28 heavy (non-hydrogen) atoms. The lowest BCUT2D eigenvalue weighted by Gasteiger charge is -2.14. The van der Waals surface area contributed by atoms with E-state index in [-0.39, 0.29) is 5.91 Å². The van der Waals surface area contributed by atoms with E-state index in [0.717, 1.165) is 15.6 Å². The number of halogens is 1. The number of nitrogens with zero attached hydrogens (tertiary/aromatic N) is 1. The SMILES string of the molecule is CCN1C(=O)/C(=C\c2cc(Br)c(OCc3ccccc3C)c(OC)c2)SC1=S. The molecule has 146 valence electrons. The molecule has 0 unspecified atom stereocenters. The summed E-state index contributed by atoms with van der Waals surface area (Å²) < 4.78 is 12.9. The molecule has 0 spiro atoms. The minimum absolute atomic E-state index is 0.0625. The lowest BCUT2D eigenvalue weighted by molar-refractivity contribution is -0.121. The average molecular weight is 478 g/mol. The number of methoxy groups -OCH3 is 1. The predicted molar refractivity (Wildman–Crippen MR) is 122 cm³/mol. The summed E-state index contributed by atoms with van der Waals surface area (Å²) in [5.41, 5.74) is 3.12. The fraction of sp³-hybridized carbons (Fsp3) is 0.238. The Balaban J connectivity index is 1.86. The van der Waals surface area contributed by atoms with Gasteiger partial charge >= 0.3 is 0 Å². The molecule has 0 aromatic heterocycles. The number of amides is 1. The molecule has 1 saturated heterocycles. The van der Waals surface area contributed by atoms with E-state index in [2.05, 4.69) is 28.9 Å². The number of benzene rings is 2. The number of hydrogen-bond acceptors (Lipinski definition) is 5. The largest absolute Gasteiger partial charge is 0.493 e. The molecule has 0 N–H and O–H groups in total. The van der Waals surface area contributed by atoms with E-state index in [1.165, 1.54) is 17.3 Å². The number of carbonyl (C=O) groups is 1. The summed E-state index contributed by atoms with van der Waals surface area (Å²) in [7, 11) is 1.60. The second kappa shape index (κ2) is 9.11. The van der Waals surface area contributed by atoms with Crippen LogP contribution in [0.25, 0.3) is 6.08 Å². The third-order valence-corrected chi connectivity index (χ3v) is 6.34. The molecule has 2 aromatic rings. The van der Waals surface area contributed by atoms with Crippen LogP contribution in [-0.4, -0.2) is 28.8 Å². The minimum Gasteiger partial charge on any atom is -0.493 e. The van der Waals surface area contributed by atoms with Crippen molar-refractivity contribution >= 4 is 56.2 Å². The Morgan fingerprint density at radius 2 is 2.04 bits per heavy atom. The fourth-order valence-electron chi connectivity index (χ4n) is 2.81. The maximum Gasteiger partial charge on any atom is 0.266 e. The zero-order valence-corrected chi connectivity index (χ0v) is 19.0. The van der Waals surface area contributed by atoms with Crippen LogP contribution in [0.1, 0.15) is 23.6 Å². The number of carbonyl (C=O) groups excluding carboxylic acids is 1. The molecule has 1 fully saturated rings. The van der Waals surface area contributed by atoms with Gasteiger partial charge in [-0.1, -0.05) is 48.2 Å². The van der Waals surface area contributed by atoms with E-state index in [9.17, 15) is 4.79 Å². The maximum atomic E-state index is 12.4. The van der Waals surface area contributed by atoms with Gasteiger partial charge in [0.05, 0.1) is 16.5 Å². The highest BCUT2D eigenvalue weighted by atomic mass is 79.9. The van der Waals surface area contributed by atoms with Crippen molar-refractivity contribution in [1.29, 1.82) is 0 Å². The van der Waals surface area contributed by atoms with E-state index in [4.69, 9.17) is 21.7 Å². The Bertz CT molecular complexity index is 959. The first-order chi connectivity index (χ1) is 13.4. The third-order valence-electron chi connectivity index (χ3n) is 4.37. The van der Waals surface area contributed by atoms with Crippen molar-refractivity contribution in [1.82, 2.24) is 4.90 Å². The maximum absolute atomic E-state index is 12.4. The van der Waals surface area contributed by atoms with E-state index in [1.807, 2.05) is 43.3 Å². The van der Waals surface area contributed by atoms with Gasteiger partial charge in [0, 0.05) is 6.54 Å². The molecule has 1 amide bonds. The van der Waals surface area contributed by atoms with Crippen LogP contribution in [0.2, 0.25) is 0 Å². The lowest BCUT2D eigenvalue weighted by Crippen LogP contribution is -2.27. The fourth-order valence-corrected chi connectivity index (χ4v) is 4.77. The van der Waals surface area contributed by atoms with E-state index < -0.39 is 0 Å². The topological polar surface area (TPSA) is 38.8 Å². The van der Waals surface area contributed by atoms with E-state index in [1.54, 1.807) is 12.0 Å². The van der Waals surface area contributed by atoms with Crippen LogP contribution in [-0.2, 0) is 11.4 Å². The van der Waals surface area contributed by atoms with Crippen LogP contribution in [0.5, 0.6) is 11.5 Å². The predicted octanol–water partition coefficient (Wildman–Crippen LogP) is 5.57. The Labute approximate surface area is 183 Å². The minimum atomic E-state index is -0.0625. The van der Waals surface area contributed by atoms with Crippen molar-refractivity contribution in [3.63, 3.8) is 0 Å². The summed E-state index contributed by atoms with van der Waals surface area (Å²) >= 11 is 10.2. The Morgan fingerprint density at radius 3 is 2.68 bits per heavy atom. The van der Waals surface area contributed by atoms with Gasteiger partial charge in [-0.2, -0.15) is 0 Å². The Hall–Kier alpha value is -1.83. The van der Waals surface area contributed by atoms with Crippen LogP contribution in [0, 0.1) is 6.92 Å². The summed E-state index contributed by atoms with van der Waals surface area (Å²) in [6.07, 6.45) is 1.83. The third kappa shape index (κ3) is 4.42. The van der Waals surface area contributed by atoms with Gasteiger partial charge in [0.2, 0.25) is 0 Å². The summed E-state index contributed by atoms with van der Waals surface area (Å²) in [5.74, 6) is 1.16. The zero-order valence-electron chi connectivity index (χ0n) is 15.8. The Kier molecular flexibility index (Phi) is 6.80. The summed E-state index contributed by atoms with van der Waals surface area (Å²) in [6.45, 7) is 4.98. The molecular weight excluding hydrogens is 458 g/mol. The van der Waals surface area contributed by atoms with E-state index >= 15 is 0 Å². The van der Waals surface area contributed by atoms with Crippen molar-refractivity contribution < 1.29 is 14.3 Å². The van der Waals surface area contributed by atoms with Gasteiger partial charge in [-0.25, -0.2) is 0 Å². The van der Waals surface area contributed by atoms with E-state index in [0.29, 0.717) is 33.9 Å². The monoisotopic (exact) mass is 477 g/mol. The quantitative estimate of drug-likeness (QED) is 0.401. The second-order valence-corrected chi connectivity index (χ2v) is 8.71. The highest BCUT2D eigenvalue weighted by molar-refractivity contribution is 9.10. The first kappa shape index (κ1) is 20.9. The van der Waals surface area contributed by atoms with Crippen molar-refractivity contribution in [2.24, 2.45) is 0 Å². The summed E-state index contributed by atoms with van der Waals surface area (Å²) in [4.78, 5) is 14.6. The number of ether oxygens (including phenoxy) is 2. The second-order valence-electron chi connectivity index (χ2n) is 6.18. The molecule has 4 nitrogen and oxygen atoms in total. The zero-order chi connectivity index (χ0) is 20.3. The molecular formula is C21H20BrNO3S2. The average Bonchev–Trinajstić information content (AvgIpc) is 2.94. The van der Waals surface area contributed by atoms with Gasteiger partial charge in [0.25, 0.3) is 5.91 Å². The van der Waals surface area contributed by atoms with Crippen molar-refractivity contribution in [2.75, 3.05) is 13.7 Å². The van der Waals surface area contributed by atoms with Gasteiger partial charge in [0.15, 0.2) is 11.5 Å². The van der Waals surface area contributed by atoms with Crippen molar-refractivity contribution in [2.45, 2.75) is 20.5 Å². The summed E-state index contributed by atoms with van der Waals surface area (Å²) in [6, 6.07) is 11.9. The van der Waals surface area contributed by atoms with Crippen LogP contribution < -0.4 is 9.47 Å². The number of thiocarbonyl (C=S) groups is 1. The van der Waals surface area contributed by atoms with Crippen molar-refractivity contribution in [3.05, 3.63) is 62.5 Å². The number of aryl methyl sites for hydroxylation is 1. The van der Waals surface area contributed by atoms with Crippen molar-refractivity contribution in [3.8, 4) is 11.5 Å². The number of likely N-dealkylation sites (N-methyl/N-ethyl adjacent to an activating group) is 1. The van der Waals surface area contributed by atoms with Gasteiger partial charge in [-0.05, 0) is 64.7 Å². The van der Waals surface area contributed by atoms with Gasteiger partial charge < -0.3 is 9.47 Å². The van der Waals surface area contributed by atoms with Crippen LogP contribution in [0.15, 0.2) is 45.8 Å². The number of rotatable bonds is 6. The molecule has 0 aliphatic carbocycles. The molecule has 2 aromatic carbocycles. The molecule has 1 aliphatic rings. The molecule has 0 radical (unpaired) electrons. The molecule has 0 atom stereocenters. The smallest absolute Gasteiger partial charge is 0.266 e. The lowest BCUT2D eigenvalue weighted by atomic mass is 10.1. The van der Waals surface area contributed by atoms with Gasteiger partial charge in [-0.15, -0.1) is 0 Å². The number of thioether (sulfide) groups is 1. The molecule has 1 aliphatic heterocycles. The van der Waals surface area contributed by atoms with Crippen LogP contribution >= 0.6 is 39.9 Å². The number of hydrogen-bond donors (Lipinski definition) is 0.